The number of methoxy groups -OCH3 is 1. The molecule has 0 saturated carbocycles. The summed E-state index contributed by atoms with van der Waals surface area (Å²) >= 11 is 6.23. The van der Waals surface area contributed by atoms with Gasteiger partial charge >= 0.3 is 5.97 Å². The van der Waals surface area contributed by atoms with E-state index in [-0.39, 0.29) is 21.8 Å². The number of benzene rings is 2. The van der Waals surface area contributed by atoms with Crippen LogP contribution in [0.5, 0.6) is 11.5 Å². The summed E-state index contributed by atoms with van der Waals surface area (Å²) in [5.41, 5.74) is 0.447. The molecule has 0 atom stereocenters. The second-order valence-corrected chi connectivity index (χ2v) is 5.87. The molecule has 0 aromatic heterocycles. The summed E-state index contributed by atoms with van der Waals surface area (Å²) in [7, 11) is 1.46. The first-order valence-electron chi connectivity index (χ1n) is 8.16. The van der Waals surface area contributed by atoms with E-state index < -0.39 is 11.9 Å². The van der Waals surface area contributed by atoms with Crippen LogP contribution in [0.15, 0.2) is 42.0 Å². The Kier molecular flexibility index (Phi) is 7.02. The average Bonchev–Trinajstić information content (AvgIpc) is 2.67. The van der Waals surface area contributed by atoms with Crippen molar-refractivity contribution in [3.8, 4) is 17.6 Å². The van der Waals surface area contributed by atoms with E-state index in [1.165, 1.54) is 37.5 Å². The van der Waals surface area contributed by atoms with Crippen LogP contribution in [0.25, 0.3) is 6.08 Å². The van der Waals surface area contributed by atoms with Crippen LogP contribution in [0, 0.1) is 11.3 Å². The van der Waals surface area contributed by atoms with Crippen LogP contribution < -0.4 is 14.8 Å². The fourth-order valence-corrected chi connectivity index (χ4v) is 2.53. The van der Waals surface area contributed by atoms with Crippen molar-refractivity contribution in [3.05, 3.63) is 58.1 Å². The van der Waals surface area contributed by atoms with Gasteiger partial charge in [0.15, 0.2) is 11.5 Å². The first-order chi connectivity index (χ1) is 13.4. The third kappa shape index (κ3) is 5.02. The molecule has 0 saturated heterocycles. The van der Waals surface area contributed by atoms with E-state index in [9.17, 15) is 14.9 Å². The lowest BCUT2D eigenvalue weighted by Gasteiger charge is -2.11. The Hall–Kier alpha value is -3.50. The second kappa shape index (κ2) is 9.44. The van der Waals surface area contributed by atoms with E-state index in [0.29, 0.717) is 23.7 Å². The number of amides is 1. The normalized spacial score (nSPS) is 10.7. The summed E-state index contributed by atoms with van der Waals surface area (Å²) < 4.78 is 10.7. The fraction of sp³-hybridized carbons (Fsp3) is 0.150. The van der Waals surface area contributed by atoms with Gasteiger partial charge in [-0.05, 0) is 42.8 Å². The fourth-order valence-electron chi connectivity index (χ4n) is 2.32. The molecule has 7 nitrogen and oxygen atoms in total. The molecule has 2 aromatic rings. The van der Waals surface area contributed by atoms with Gasteiger partial charge in [0.05, 0.1) is 24.3 Å². The maximum Gasteiger partial charge on any atom is 0.335 e. The Morgan fingerprint density at radius 2 is 2.04 bits per heavy atom. The summed E-state index contributed by atoms with van der Waals surface area (Å²) in [5, 5.41) is 21.2. The van der Waals surface area contributed by atoms with Crippen LogP contribution in [0.4, 0.5) is 5.69 Å². The van der Waals surface area contributed by atoms with E-state index in [4.69, 9.17) is 26.2 Å². The zero-order chi connectivity index (χ0) is 20.7. The van der Waals surface area contributed by atoms with E-state index in [0.717, 1.165) is 0 Å². The third-order valence-corrected chi connectivity index (χ3v) is 3.94. The molecule has 2 N–H and O–H groups in total. The SMILES string of the molecule is CCOc1cc(Cl)c(/C=C(/C#N)C(=O)Nc2cccc(C(=O)O)c2)cc1OC. The van der Waals surface area contributed by atoms with Gasteiger partial charge in [-0.3, -0.25) is 4.79 Å². The maximum absolute atomic E-state index is 12.4. The highest BCUT2D eigenvalue weighted by molar-refractivity contribution is 6.32. The summed E-state index contributed by atoms with van der Waals surface area (Å²) in [6.45, 7) is 2.24. The van der Waals surface area contributed by atoms with Crippen LogP contribution in [0.3, 0.4) is 0 Å². The molecule has 0 aliphatic heterocycles. The van der Waals surface area contributed by atoms with Gasteiger partial charge in [-0.2, -0.15) is 5.26 Å². The molecule has 28 heavy (non-hydrogen) atoms. The van der Waals surface area contributed by atoms with Crippen molar-refractivity contribution < 1.29 is 24.2 Å². The Bertz CT molecular complexity index is 979. The molecule has 0 unspecified atom stereocenters. The van der Waals surface area contributed by atoms with E-state index in [1.54, 1.807) is 12.1 Å². The number of nitrogens with zero attached hydrogens (tertiary/aromatic N) is 1. The number of rotatable bonds is 7. The zero-order valence-electron chi connectivity index (χ0n) is 15.2. The molecule has 0 heterocycles. The molecule has 8 heteroatoms. The van der Waals surface area contributed by atoms with Crippen LogP contribution in [0.2, 0.25) is 5.02 Å². The summed E-state index contributed by atoms with van der Waals surface area (Å²) in [5.74, 6) is -0.973. The van der Waals surface area contributed by atoms with Gasteiger partial charge in [0.2, 0.25) is 0 Å². The third-order valence-electron chi connectivity index (χ3n) is 3.62. The number of anilines is 1. The molecule has 144 valence electrons. The highest BCUT2D eigenvalue weighted by Gasteiger charge is 2.14. The van der Waals surface area contributed by atoms with Gasteiger partial charge in [0.25, 0.3) is 5.91 Å². The summed E-state index contributed by atoms with van der Waals surface area (Å²) in [6, 6.07) is 10.6. The molecular weight excluding hydrogens is 384 g/mol. The molecule has 0 bridgehead atoms. The van der Waals surface area contributed by atoms with Crippen LogP contribution in [0.1, 0.15) is 22.8 Å². The number of hydrogen-bond donors (Lipinski definition) is 2. The van der Waals surface area contributed by atoms with Gasteiger partial charge in [0, 0.05) is 11.8 Å². The number of hydrogen-bond acceptors (Lipinski definition) is 5. The van der Waals surface area contributed by atoms with Crippen molar-refractivity contribution >= 4 is 35.2 Å². The number of halogens is 1. The second-order valence-electron chi connectivity index (χ2n) is 5.47. The Morgan fingerprint density at radius 3 is 2.64 bits per heavy atom. The highest BCUT2D eigenvalue weighted by Crippen LogP contribution is 2.34. The average molecular weight is 401 g/mol. The molecular formula is C20H17ClN2O5. The van der Waals surface area contributed by atoms with Gasteiger partial charge in [-0.15, -0.1) is 0 Å². The van der Waals surface area contributed by atoms with Gasteiger partial charge in [-0.1, -0.05) is 17.7 Å². The lowest BCUT2D eigenvalue weighted by Crippen LogP contribution is -2.14. The predicted molar refractivity (Wildman–Crippen MR) is 105 cm³/mol. The van der Waals surface area contributed by atoms with Crippen LogP contribution in [-0.2, 0) is 4.79 Å². The topological polar surface area (TPSA) is 109 Å². The lowest BCUT2D eigenvalue weighted by molar-refractivity contribution is -0.112. The number of carbonyl (C=O) groups is 2. The number of carboxylic acids is 1. The van der Waals surface area contributed by atoms with Crippen molar-refractivity contribution in [2.45, 2.75) is 6.92 Å². The molecule has 0 aliphatic carbocycles. The first-order valence-corrected chi connectivity index (χ1v) is 8.54. The van der Waals surface area contributed by atoms with Crippen molar-refractivity contribution in [1.82, 2.24) is 0 Å². The lowest BCUT2D eigenvalue weighted by atomic mass is 10.1. The van der Waals surface area contributed by atoms with Crippen molar-refractivity contribution in [1.29, 1.82) is 5.26 Å². The zero-order valence-corrected chi connectivity index (χ0v) is 15.9. The van der Waals surface area contributed by atoms with Gasteiger partial charge in [0.1, 0.15) is 11.6 Å². The van der Waals surface area contributed by atoms with Crippen molar-refractivity contribution in [2.75, 3.05) is 19.0 Å². The smallest absolute Gasteiger partial charge is 0.335 e. The Labute approximate surface area is 166 Å². The number of ether oxygens (including phenoxy) is 2. The number of nitriles is 1. The van der Waals surface area contributed by atoms with E-state index in [1.807, 2.05) is 13.0 Å². The summed E-state index contributed by atoms with van der Waals surface area (Å²) in [6.07, 6.45) is 1.32. The Morgan fingerprint density at radius 1 is 1.29 bits per heavy atom. The number of carboxylic acid groups (broad SMARTS) is 1. The molecule has 2 aromatic carbocycles. The summed E-state index contributed by atoms with van der Waals surface area (Å²) in [4.78, 5) is 23.4. The predicted octanol–water partition coefficient (Wildman–Crippen LogP) is 3.99. The minimum atomic E-state index is -1.12. The standard InChI is InChI=1S/C20H17ClN2O5/c1-3-28-18-10-16(21)13(9-17(18)27-2)7-14(11-22)19(24)23-15-6-4-5-12(8-15)20(25)26/h4-10H,3H2,1-2H3,(H,23,24)(H,25,26)/b14-7-. The van der Waals surface area contributed by atoms with E-state index in [2.05, 4.69) is 5.32 Å². The molecule has 0 fully saturated rings. The van der Waals surface area contributed by atoms with Gasteiger partial charge in [-0.25, -0.2) is 4.79 Å². The number of aromatic carboxylic acids is 1. The molecule has 1 amide bonds. The van der Waals surface area contributed by atoms with Gasteiger partial charge < -0.3 is 19.9 Å². The highest BCUT2D eigenvalue weighted by atomic mass is 35.5. The molecule has 0 radical (unpaired) electrons. The quantitative estimate of drug-likeness (QED) is 0.537. The molecule has 2 rings (SSSR count). The molecule has 0 aliphatic rings. The minimum Gasteiger partial charge on any atom is -0.493 e. The maximum atomic E-state index is 12.4. The molecule has 0 spiro atoms. The van der Waals surface area contributed by atoms with Crippen LogP contribution >= 0.6 is 11.6 Å². The van der Waals surface area contributed by atoms with Crippen molar-refractivity contribution in [3.63, 3.8) is 0 Å². The largest absolute Gasteiger partial charge is 0.493 e. The first kappa shape index (κ1) is 20.8. The van der Waals surface area contributed by atoms with Crippen molar-refractivity contribution in [2.24, 2.45) is 0 Å². The van der Waals surface area contributed by atoms with E-state index >= 15 is 0 Å². The number of nitrogens with one attached hydrogen (secondary N) is 1. The minimum absolute atomic E-state index is 0.0135. The number of carbonyl (C=O) groups excluding carboxylic acids is 1. The van der Waals surface area contributed by atoms with Crippen LogP contribution in [-0.4, -0.2) is 30.7 Å². The Balaban J connectivity index is 2.33. The monoisotopic (exact) mass is 400 g/mol.